The molecule has 118 valence electrons. The number of rotatable bonds is 7. The second kappa shape index (κ2) is 7.78. The molecule has 21 heavy (non-hydrogen) atoms. The van der Waals surface area contributed by atoms with Gasteiger partial charge in [-0.3, -0.25) is 18.7 Å². The second-order valence-electron chi connectivity index (χ2n) is 4.90. The summed E-state index contributed by atoms with van der Waals surface area (Å²) < 4.78 is 2.16. The van der Waals surface area contributed by atoms with E-state index in [2.05, 4.69) is 0 Å². The molecule has 1 N–H and O–H groups in total. The minimum atomic E-state index is -0.524. The van der Waals surface area contributed by atoms with E-state index in [1.165, 1.54) is 23.9 Å². The number of nitrogens with zero attached hydrogens (tertiary/aromatic N) is 3. The molecular weight excluding hydrogens is 274 g/mol. The monoisotopic (exact) mass is 297 g/mol. The summed E-state index contributed by atoms with van der Waals surface area (Å²) in [5.41, 5.74) is -0.930. The molecule has 0 aliphatic heterocycles. The molecule has 0 saturated carbocycles. The molecule has 0 atom stereocenters. The Bertz CT molecular complexity index is 587. The Morgan fingerprint density at radius 2 is 1.95 bits per heavy atom. The van der Waals surface area contributed by atoms with Crippen molar-refractivity contribution in [3.63, 3.8) is 0 Å². The van der Waals surface area contributed by atoms with Crippen molar-refractivity contribution >= 4 is 5.91 Å². The minimum absolute atomic E-state index is 0.0351. The number of hydrogen-bond donors (Lipinski definition) is 1. The third kappa shape index (κ3) is 4.04. The van der Waals surface area contributed by atoms with Crippen LogP contribution in [0.15, 0.2) is 21.9 Å². The third-order valence-electron chi connectivity index (χ3n) is 3.61. The van der Waals surface area contributed by atoms with E-state index in [4.69, 9.17) is 5.11 Å². The van der Waals surface area contributed by atoms with Crippen LogP contribution in [0.4, 0.5) is 0 Å². The van der Waals surface area contributed by atoms with E-state index in [0.717, 1.165) is 17.4 Å². The first-order chi connectivity index (χ1) is 9.96. The number of hydrogen-bond acceptors (Lipinski definition) is 4. The van der Waals surface area contributed by atoms with E-state index in [0.29, 0.717) is 0 Å². The highest BCUT2D eigenvalue weighted by molar-refractivity contribution is 5.76. The van der Waals surface area contributed by atoms with Crippen molar-refractivity contribution in [3.05, 3.63) is 33.1 Å². The van der Waals surface area contributed by atoms with Gasteiger partial charge in [0.25, 0.3) is 5.56 Å². The van der Waals surface area contributed by atoms with Crippen LogP contribution in [0.3, 0.4) is 0 Å². The summed E-state index contributed by atoms with van der Waals surface area (Å²) in [6.45, 7) is 3.94. The van der Waals surface area contributed by atoms with Crippen molar-refractivity contribution in [2.75, 3.05) is 13.2 Å². The van der Waals surface area contributed by atoms with Crippen LogP contribution in [0.5, 0.6) is 0 Å². The summed E-state index contributed by atoms with van der Waals surface area (Å²) in [5.74, 6) is -0.238. The van der Waals surface area contributed by atoms with Gasteiger partial charge in [-0.2, -0.15) is 0 Å². The van der Waals surface area contributed by atoms with E-state index >= 15 is 0 Å². The van der Waals surface area contributed by atoms with Gasteiger partial charge in [-0.15, -0.1) is 0 Å². The number of carbonyl (C=O) groups excluding carboxylic acids is 1. The topological polar surface area (TPSA) is 84.5 Å². The van der Waals surface area contributed by atoms with Crippen molar-refractivity contribution in [1.82, 2.24) is 14.0 Å². The van der Waals surface area contributed by atoms with Crippen LogP contribution in [0, 0.1) is 0 Å². The smallest absolute Gasteiger partial charge is 0.331 e. The molecule has 0 fully saturated rings. The molecule has 1 heterocycles. The van der Waals surface area contributed by atoms with Crippen LogP contribution in [0.25, 0.3) is 0 Å². The van der Waals surface area contributed by atoms with Crippen LogP contribution in [0.2, 0.25) is 0 Å². The van der Waals surface area contributed by atoms with E-state index in [1.807, 2.05) is 13.8 Å². The molecule has 0 aliphatic rings. The average Bonchev–Trinajstić information content (AvgIpc) is 2.48. The third-order valence-corrected chi connectivity index (χ3v) is 3.61. The molecule has 1 aromatic rings. The Labute approximate surface area is 123 Å². The molecular formula is C14H23N3O4. The lowest BCUT2D eigenvalue weighted by Crippen LogP contribution is -2.46. The van der Waals surface area contributed by atoms with Gasteiger partial charge >= 0.3 is 5.69 Å². The number of aliphatic hydroxyl groups excluding tert-OH is 1. The van der Waals surface area contributed by atoms with Crippen LogP contribution in [-0.4, -0.2) is 44.2 Å². The second-order valence-corrected chi connectivity index (χ2v) is 4.90. The van der Waals surface area contributed by atoms with Crippen LogP contribution in [0.1, 0.15) is 26.7 Å². The summed E-state index contributed by atoms with van der Waals surface area (Å²) in [7, 11) is 1.37. The molecule has 1 rings (SSSR count). The standard InChI is InChI=1S/C14H23N3O4/c1-4-11(5-2)17(8-9-18)13(20)10-16-7-6-12(19)15(3)14(16)21/h6-7,11,18H,4-5,8-10H2,1-3H3. The first kappa shape index (κ1) is 17.2. The zero-order valence-corrected chi connectivity index (χ0v) is 12.8. The number of amides is 1. The van der Waals surface area contributed by atoms with Gasteiger partial charge in [-0.05, 0) is 12.8 Å². The molecule has 0 radical (unpaired) electrons. The molecule has 1 aromatic heterocycles. The lowest BCUT2D eigenvalue weighted by atomic mass is 10.1. The van der Waals surface area contributed by atoms with Gasteiger partial charge in [0.15, 0.2) is 0 Å². The van der Waals surface area contributed by atoms with Crippen molar-refractivity contribution in [2.45, 2.75) is 39.3 Å². The SMILES string of the molecule is CCC(CC)N(CCO)C(=O)Cn1ccc(=O)n(C)c1=O. The highest BCUT2D eigenvalue weighted by Gasteiger charge is 2.21. The fraction of sp³-hybridized carbons (Fsp3) is 0.643. The Balaban J connectivity index is 2.99. The summed E-state index contributed by atoms with van der Waals surface area (Å²) in [5, 5.41) is 9.12. The first-order valence-electron chi connectivity index (χ1n) is 7.13. The Kier molecular flexibility index (Phi) is 6.36. The molecule has 7 heteroatoms. The predicted octanol–water partition coefficient (Wildman–Crippen LogP) is -0.443. The maximum atomic E-state index is 12.4. The fourth-order valence-corrected chi connectivity index (χ4v) is 2.32. The quantitative estimate of drug-likeness (QED) is 0.739. The van der Waals surface area contributed by atoms with Gasteiger partial charge in [0.05, 0.1) is 6.61 Å². The molecule has 0 bridgehead atoms. The minimum Gasteiger partial charge on any atom is -0.395 e. The van der Waals surface area contributed by atoms with Gasteiger partial charge < -0.3 is 10.0 Å². The molecule has 0 saturated heterocycles. The Morgan fingerprint density at radius 3 is 2.48 bits per heavy atom. The fourth-order valence-electron chi connectivity index (χ4n) is 2.32. The predicted molar refractivity (Wildman–Crippen MR) is 79.1 cm³/mol. The van der Waals surface area contributed by atoms with Gasteiger partial charge in [-0.25, -0.2) is 4.79 Å². The van der Waals surface area contributed by atoms with Gasteiger partial charge in [0.2, 0.25) is 5.91 Å². The lowest BCUT2D eigenvalue weighted by molar-refractivity contribution is -0.135. The lowest BCUT2D eigenvalue weighted by Gasteiger charge is -2.30. The molecule has 1 amide bonds. The average molecular weight is 297 g/mol. The molecule has 7 nitrogen and oxygen atoms in total. The zero-order valence-electron chi connectivity index (χ0n) is 12.8. The van der Waals surface area contributed by atoms with Crippen molar-refractivity contribution < 1.29 is 9.90 Å². The van der Waals surface area contributed by atoms with Crippen LogP contribution < -0.4 is 11.2 Å². The summed E-state index contributed by atoms with van der Waals surface area (Å²) in [6, 6.07) is 1.29. The van der Waals surface area contributed by atoms with Crippen LogP contribution in [-0.2, 0) is 18.4 Å². The maximum Gasteiger partial charge on any atom is 0.331 e. The number of aromatic nitrogens is 2. The van der Waals surface area contributed by atoms with Crippen LogP contribution >= 0.6 is 0 Å². The van der Waals surface area contributed by atoms with E-state index in [9.17, 15) is 14.4 Å². The largest absolute Gasteiger partial charge is 0.395 e. The Morgan fingerprint density at radius 1 is 1.33 bits per heavy atom. The van der Waals surface area contributed by atoms with E-state index in [1.54, 1.807) is 4.90 Å². The first-order valence-corrected chi connectivity index (χ1v) is 7.13. The van der Waals surface area contributed by atoms with Gasteiger partial charge in [0.1, 0.15) is 6.54 Å². The van der Waals surface area contributed by atoms with Gasteiger partial charge in [-0.1, -0.05) is 13.8 Å². The summed E-state index contributed by atoms with van der Waals surface area (Å²) in [4.78, 5) is 37.2. The van der Waals surface area contributed by atoms with E-state index in [-0.39, 0.29) is 31.6 Å². The number of carbonyl (C=O) groups is 1. The van der Waals surface area contributed by atoms with Crippen molar-refractivity contribution in [1.29, 1.82) is 0 Å². The van der Waals surface area contributed by atoms with Crippen molar-refractivity contribution in [2.24, 2.45) is 7.05 Å². The molecule has 0 aromatic carbocycles. The molecule has 0 unspecified atom stereocenters. The molecule has 0 spiro atoms. The molecule has 0 aliphatic carbocycles. The highest BCUT2D eigenvalue weighted by Crippen LogP contribution is 2.09. The Hall–Kier alpha value is -1.89. The summed E-state index contributed by atoms with van der Waals surface area (Å²) >= 11 is 0. The van der Waals surface area contributed by atoms with Gasteiger partial charge in [0, 0.05) is 31.9 Å². The number of aliphatic hydroxyl groups is 1. The van der Waals surface area contributed by atoms with E-state index < -0.39 is 11.2 Å². The zero-order chi connectivity index (χ0) is 16.0. The maximum absolute atomic E-state index is 12.4. The summed E-state index contributed by atoms with van der Waals surface area (Å²) in [6.07, 6.45) is 2.89. The highest BCUT2D eigenvalue weighted by atomic mass is 16.3. The normalized spacial score (nSPS) is 10.9. The van der Waals surface area contributed by atoms with Crippen molar-refractivity contribution in [3.8, 4) is 0 Å².